The van der Waals surface area contributed by atoms with Gasteiger partial charge in [-0.05, 0) is 50.6 Å². The number of piperidine rings is 1. The maximum Gasteiger partial charge on any atom is 0.0360 e. The van der Waals surface area contributed by atoms with Crippen LogP contribution in [-0.4, -0.2) is 30.6 Å². The molecule has 3 rings (SSSR count). The molecule has 0 amide bonds. The monoisotopic (exact) mass is 246 g/mol. The fraction of sp³-hybridized carbons (Fsp3) is 0.750. The number of allylic oxidation sites excluding steroid dienone is 3. The molecule has 1 spiro atoms. The second-order valence-electron chi connectivity index (χ2n) is 6.45. The van der Waals surface area contributed by atoms with Gasteiger partial charge in [-0.15, -0.1) is 0 Å². The van der Waals surface area contributed by atoms with Crippen LogP contribution in [0, 0.1) is 5.41 Å². The molecular formula is C16H26N2. The molecule has 1 N–H and O–H groups in total. The predicted molar refractivity (Wildman–Crippen MR) is 76.4 cm³/mol. The van der Waals surface area contributed by atoms with Crippen molar-refractivity contribution < 1.29 is 0 Å². The topological polar surface area (TPSA) is 15.3 Å². The molecule has 2 aliphatic heterocycles. The summed E-state index contributed by atoms with van der Waals surface area (Å²) in [6, 6.07) is 0.701. The zero-order valence-corrected chi connectivity index (χ0v) is 11.6. The van der Waals surface area contributed by atoms with E-state index in [1.807, 2.05) is 0 Å². The van der Waals surface area contributed by atoms with E-state index in [0.29, 0.717) is 11.5 Å². The van der Waals surface area contributed by atoms with Crippen molar-refractivity contribution in [1.29, 1.82) is 0 Å². The third-order valence-electron chi connectivity index (χ3n) is 5.17. The largest absolute Gasteiger partial charge is 0.370 e. The highest BCUT2D eigenvalue weighted by Gasteiger charge is 2.38. The average molecular weight is 246 g/mol. The molecule has 1 saturated carbocycles. The number of nitrogens with zero attached hydrogens (tertiary/aromatic N) is 1. The van der Waals surface area contributed by atoms with Gasteiger partial charge in [-0.25, -0.2) is 0 Å². The molecule has 2 fully saturated rings. The minimum Gasteiger partial charge on any atom is -0.370 e. The Balaban J connectivity index is 1.59. The molecule has 0 aromatic rings. The van der Waals surface area contributed by atoms with Gasteiger partial charge in [-0.2, -0.15) is 0 Å². The fourth-order valence-corrected chi connectivity index (χ4v) is 4.08. The van der Waals surface area contributed by atoms with Crippen LogP contribution < -0.4 is 5.32 Å². The first-order valence-electron chi connectivity index (χ1n) is 7.59. The van der Waals surface area contributed by atoms with Crippen molar-refractivity contribution in [1.82, 2.24) is 10.2 Å². The maximum atomic E-state index is 3.75. The van der Waals surface area contributed by atoms with Crippen molar-refractivity contribution in [3.8, 4) is 0 Å². The molecule has 18 heavy (non-hydrogen) atoms. The molecule has 0 bridgehead atoms. The summed E-state index contributed by atoms with van der Waals surface area (Å²) >= 11 is 0. The van der Waals surface area contributed by atoms with Crippen LogP contribution in [0.15, 0.2) is 23.9 Å². The van der Waals surface area contributed by atoms with Crippen molar-refractivity contribution in [3.05, 3.63) is 23.9 Å². The highest BCUT2D eigenvalue weighted by molar-refractivity contribution is 5.16. The van der Waals surface area contributed by atoms with Crippen LogP contribution in [0.3, 0.4) is 0 Å². The summed E-state index contributed by atoms with van der Waals surface area (Å²) in [7, 11) is 0. The highest BCUT2D eigenvalue weighted by atomic mass is 15.2. The van der Waals surface area contributed by atoms with Crippen LogP contribution in [0.25, 0.3) is 0 Å². The smallest absolute Gasteiger partial charge is 0.0360 e. The van der Waals surface area contributed by atoms with E-state index >= 15 is 0 Å². The Morgan fingerprint density at radius 3 is 2.94 bits per heavy atom. The van der Waals surface area contributed by atoms with Gasteiger partial charge < -0.3 is 10.2 Å². The summed E-state index contributed by atoms with van der Waals surface area (Å²) in [6.45, 7) is 5.75. The van der Waals surface area contributed by atoms with Crippen molar-refractivity contribution in [2.75, 3.05) is 19.6 Å². The van der Waals surface area contributed by atoms with E-state index in [4.69, 9.17) is 0 Å². The Morgan fingerprint density at radius 2 is 2.17 bits per heavy atom. The van der Waals surface area contributed by atoms with E-state index in [1.165, 1.54) is 57.3 Å². The molecule has 3 aliphatic rings. The van der Waals surface area contributed by atoms with Gasteiger partial charge in [-0.3, -0.25) is 0 Å². The molecule has 1 saturated heterocycles. The van der Waals surface area contributed by atoms with Crippen molar-refractivity contribution >= 4 is 0 Å². The summed E-state index contributed by atoms with van der Waals surface area (Å²) in [5.74, 6) is 0. The molecule has 1 unspecified atom stereocenters. The maximum absolute atomic E-state index is 3.75. The Labute approximate surface area is 111 Å². The van der Waals surface area contributed by atoms with E-state index in [-0.39, 0.29) is 0 Å². The Hall–Kier alpha value is -0.760. The molecule has 1 aliphatic carbocycles. The lowest BCUT2D eigenvalue weighted by Gasteiger charge is -2.41. The van der Waals surface area contributed by atoms with E-state index in [2.05, 4.69) is 35.4 Å². The summed E-state index contributed by atoms with van der Waals surface area (Å²) in [5.41, 5.74) is 2.13. The molecule has 0 aromatic carbocycles. The van der Waals surface area contributed by atoms with Gasteiger partial charge >= 0.3 is 0 Å². The van der Waals surface area contributed by atoms with Gasteiger partial charge in [-0.1, -0.05) is 25.0 Å². The molecular weight excluding hydrogens is 220 g/mol. The second kappa shape index (κ2) is 5.08. The van der Waals surface area contributed by atoms with Crippen LogP contribution in [0.2, 0.25) is 0 Å². The summed E-state index contributed by atoms with van der Waals surface area (Å²) < 4.78 is 0. The van der Waals surface area contributed by atoms with Gasteiger partial charge in [0.05, 0.1) is 0 Å². The molecule has 0 aromatic heterocycles. The quantitative estimate of drug-likeness (QED) is 0.805. The zero-order chi connectivity index (χ0) is 12.4. The zero-order valence-electron chi connectivity index (χ0n) is 11.6. The summed E-state index contributed by atoms with van der Waals surface area (Å²) in [6.07, 6.45) is 15.4. The molecule has 2 heterocycles. The van der Waals surface area contributed by atoms with Gasteiger partial charge in [0.1, 0.15) is 0 Å². The number of rotatable bonds is 2. The lowest BCUT2D eigenvalue weighted by Crippen LogP contribution is -2.48. The van der Waals surface area contributed by atoms with Crippen LogP contribution in [0.5, 0.6) is 0 Å². The van der Waals surface area contributed by atoms with Crippen LogP contribution in [0.4, 0.5) is 0 Å². The summed E-state index contributed by atoms with van der Waals surface area (Å²) in [5, 5.41) is 3.75. The van der Waals surface area contributed by atoms with Crippen LogP contribution >= 0.6 is 0 Å². The first-order chi connectivity index (χ1) is 8.77. The predicted octanol–water partition coefficient (Wildman–Crippen LogP) is 3.07. The SMILES string of the molecule is CC1=CC=CCN1CC1CC2(CCCC2)CCN1. The van der Waals surface area contributed by atoms with Crippen molar-refractivity contribution in [3.63, 3.8) is 0 Å². The van der Waals surface area contributed by atoms with Crippen molar-refractivity contribution in [2.45, 2.75) is 51.5 Å². The molecule has 1 atom stereocenters. The fourth-order valence-electron chi connectivity index (χ4n) is 4.08. The van der Waals surface area contributed by atoms with E-state index < -0.39 is 0 Å². The third kappa shape index (κ3) is 2.49. The lowest BCUT2D eigenvalue weighted by atomic mass is 9.74. The second-order valence-corrected chi connectivity index (χ2v) is 6.45. The van der Waals surface area contributed by atoms with Crippen LogP contribution in [-0.2, 0) is 0 Å². The lowest BCUT2D eigenvalue weighted by molar-refractivity contribution is 0.149. The minimum atomic E-state index is 0.701. The average Bonchev–Trinajstić information content (AvgIpc) is 2.80. The Kier molecular flexibility index (Phi) is 3.47. The normalized spacial score (nSPS) is 30.8. The van der Waals surface area contributed by atoms with E-state index in [1.54, 1.807) is 0 Å². The highest BCUT2D eigenvalue weighted by Crippen LogP contribution is 2.46. The molecule has 2 nitrogen and oxygen atoms in total. The first-order valence-corrected chi connectivity index (χ1v) is 7.59. The Bertz CT molecular complexity index is 350. The molecule has 0 radical (unpaired) electrons. The standard InChI is InChI=1S/C16H26N2/c1-14-6-2-5-11-18(14)13-15-12-16(9-10-17-15)7-3-4-8-16/h2,5-6,15,17H,3-4,7-13H2,1H3. The van der Waals surface area contributed by atoms with Gasteiger partial charge in [0, 0.05) is 24.8 Å². The van der Waals surface area contributed by atoms with Gasteiger partial charge in [0.15, 0.2) is 0 Å². The molecule has 100 valence electrons. The summed E-state index contributed by atoms with van der Waals surface area (Å²) in [4.78, 5) is 2.52. The molecule has 2 heteroatoms. The van der Waals surface area contributed by atoms with Crippen LogP contribution in [0.1, 0.15) is 45.4 Å². The number of hydrogen-bond donors (Lipinski definition) is 1. The van der Waals surface area contributed by atoms with E-state index in [9.17, 15) is 0 Å². The third-order valence-corrected chi connectivity index (χ3v) is 5.17. The minimum absolute atomic E-state index is 0.701. The van der Waals surface area contributed by atoms with Crippen molar-refractivity contribution in [2.24, 2.45) is 5.41 Å². The first kappa shape index (κ1) is 12.3. The number of nitrogens with one attached hydrogen (secondary N) is 1. The number of hydrogen-bond acceptors (Lipinski definition) is 2. The Morgan fingerprint density at radius 1 is 1.33 bits per heavy atom. The van der Waals surface area contributed by atoms with Gasteiger partial charge in [0.25, 0.3) is 0 Å². The van der Waals surface area contributed by atoms with Gasteiger partial charge in [0.2, 0.25) is 0 Å². The van der Waals surface area contributed by atoms with E-state index in [0.717, 1.165) is 6.54 Å².